The van der Waals surface area contributed by atoms with Gasteiger partial charge in [-0.2, -0.15) is 0 Å². The molecule has 0 aliphatic rings. The standard InChI is InChI=1S/C28H59N5O2/c1-2-3-4-5-6-7-8-9-10-11-12-13-14-15-16-17-22-33(23-25(18-20-29)27(31)34)24-26(19-21-30)28(32)35/h25-26H,2-24,29-30H2,1H3,(H2,31,34)(H2,32,35). The number of carbonyl (C=O) groups excluding carboxylic acids is 2. The van der Waals surface area contributed by atoms with E-state index in [1.165, 1.54) is 89.9 Å². The first-order valence-electron chi connectivity index (χ1n) is 14.7. The zero-order valence-corrected chi connectivity index (χ0v) is 23.0. The van der Waals surface area contributed by atoms with Gasteiger partial charge in [0.15, 0.2) is 0 Å². The molecule has 0 aromatic heterocycles. The van der Waals surface area contributed by atoms with Gasteiger partial charge in [-0.25, -0.2) is 0 Å². The van der Waals surface area contributed by atoms with Gasteiger partial charge in [0.05, 0.1) is 11.8 Å². The summed E-state index contributed by atoms with van der Waals surface area (Å²) in [5.41, 5.74) is 22.5. The molecule has 2 amide bonds. The highest BCUT2D eigenvalue weighted by molar-refractivity contribution is 5.77. The Bertz CT molecular complexity index is 478. The molecular weight excluding hydrogens is 438 g/mol. The first-order valence-corrected chi connectivity index (χ1v) is 14.7. The summed E-state index contributed by atoms with van der Waals surface area (Å²) >= 11 is 0. The second kappa shape index (κ2) is 24.5. The molecule has 208 valence electrons. The van der Waals surface area contributed by atoms with Crippen LogP contribution in [0.5, 0.6) is 0 Å². The largest absolute Gasteiger partial charge is 0.369 e. The third-order valence-corrected chi connectivity index (χ3v) is 7.12. The molecule has 35 heavy (non-hydrogen) atoms. The third-order valence-electron chi connectivity index (χ3n) is 7.12. The summed E-state index contributed by atoms with van der Waals surface area (Å²) in [4.78, 5) is 25.8. The topological polar surface area (TPSA) is 141 Å². The van der Waals surface area contributed by atoms with Crippen LogP contribution < -0.4 is 22.9 Å². The van der Waals surface area contributed by atoms with E-state index < -0.39 is 0 Å². The molecule has 0 aromatic rings. The Morgan fingerprint density at radius 3 is 1.17 bits per heavy atom. The Balaban J connectivity index is 4.03. The lowest BCUT2D eigenvalue weighted by molar-refractivity contribution is -0.123. The number of hydrogen-bond acceptors (Lipinski definition) is 5. The Labute approximate surface area is 216 Å². The number of hydrogen-bond donors (Lipinski definition) is 4. The van der Waals surface area contributed by atoms with Gasteiger partial charge in [0.2, 0.25) is 11.8 Å². The number of primary amides is 2. The smallest absolute Gasteiger partial charge is 0.221 e. The van der Waals surface area contributed by atoms with Crippen molar-refractivity contribution >= 4 is 11.8 Å². The second-order valence-corrected chi connectivity index (χ2v) is 10.4. The van der Waals surface area contributed by atoms with Crippen molar-refractivity contribution < 1.29 is 9.59 Å². The van der Waals surface area contributed by atoms with Crippen LogP contribution in [-0.2, 0) is 9.59 Å². The predicted octanol–water partition coefficient (Wildman–Crippen LogP) is 4.45. The summed E-state index contributed by atoms with van der Waals surface area (Å²) < 4.78 is 0. The van der Waals surface area contributed by atoms with E-state index in [0.717, 1.165) is 19.4 Å². The maximum Gasteiger partial charge on any atom is 0.221 e. The Kier molecular flexibility index (Phi) is 23.7. The molecule has 0 heterocycles. The molecule has 2 atom stereocenters. The second-order valence-electron chi connectivity index (χ2n) is 10.4. The van der Waals surface area contributed by atoms with E-state index in [1.807, 2.05) is 0 Å². The third kappa shape index (κ3) is 20.7. The number of nitrogens with zero attached hydrogens (tertiary/aromatic N) is 1. The van der Waals surface area contributed by atoms with Crippen LogP contribution in [0.15, 0.2) is 0 Å². The van der Waals surface area contributed by atoms with E-state index in [1.54, 1.807) is 0 Å². The molecule has 0 spiro atoms. The molecule has 8 N–H and O–H groups in total. The van der Waals surface area contributed by atoms with Crippen molar-refractivity contribution in [3.05, 3.63) is 0 Å². The lowest BCUT2D eigenvalue weighted by Gasteiger charge is -2.29. The Hall–Kier alpha value is -1.18. The summed E-state index contributed by atoms with van der Waals surface area (Å²) in [6, 6.07) is 0. The zero-order valence-electron chi connectivity index (χ0n) is 23.0. The van der Waals surface area contributed by atoms with Crippen molar-refractivity contribution in [1.29, 1.82) is 0 Å². The molecule has 0 bridgehead atoms. The van der Waals surface area contributed by atoms with Crippen LogP contribution >= 0.6 is 0 Å². The maximum atomic E-state index is 11.8. The first-order chi connectivity index (χ1) is 17.0. The van der Waals surface area contributed by atoms with Crippen molar-refractivity contribution in [2.75, 3.05) is 32.7 Å². The van der Waals surface area contributed by atoms with Crippen LogP contribution in [0.4, 0.5) is 0 Å². The molecular formula is C28H59N5O2. The Morgan fingerprint density at radius 1 is 0.571 bits per heavy atom. The van der Waals surface area contributed by atoms with Gasteiger partial charge >= 0.3 is 0 Å². The fraction of sp³-hybridized carbons (Fsp3) is 0.929. The van der Waals surface area contributed by atoms with Gasteiger partial charge in [0, 0.05) is 13.1 Å². The van der Waals surface area contributed by atoms with Crippen molar-refractivity contribution in [3.8, 4) is 0 Å². The number of amides is 2. The van der Waals surface area contributed by atoms with Crippen molar-refractivity contribution in [2.45, 2.75) is 122 Å². The quantitative estimate of drug-likeness (QED) is 0.124. The molecule has 0 saturated carbocycles. The van der Waals surface area contributed by atoms with Gasteiger partial charge in [0.25, 0.3) is 0 Å². The van der Waals surface area contributed by atoms with Gasteiger partial charge in [-0.05, 0) is 38.9 Å². The van der Waals surface area contributed by atoms with Crippen LogP contribution in [0.3, 0.4) is 0 Å². The minimum absolute atomic E-state index is 0.299. The van der Waals surface area contributed by atoms with E-state index in [0.29, 0.717) is 39.0 Å². The predicted molar refractivity (Wildman–Crippen MR) is 149 cm³/mol. The molecule has 7 nitrogen and oxygen atoms in total. The molecule has 0 saturated heterocycles. The van der Waals surface area contributed by atoms with Crippen LogP contribution in [0.1, 0.15) is 122 Å². The molecule has 0 radical (unpaired) electrons. The molecule has 0 aliphatic carbocycles. The molecule has 0 aromatic carbocycles. The normalized spacial score (nSPS) is 13.3. The number of carbonyl (C=O) groups is 2. The van der Waals surface area contributed by atoms with E-state index in [2.05, 4.69) is 11.8 Å². The van der Waals surface area contributed by atoms with E-state index >= 15 is 0 Å². The maximum absolute atomic E-state index is 11.8. The molecule has 0 fully saturated rings. The van der Waals surface area contributed by atoms with Crippen LogP contribution in [-0.4, -0.2) is 49.4 Å². The molecule has 7 heteroatoms. The molecule has 2 unspecified atom stereocenters. The minimum Gasteiger partial charge on any atom is -0.369 e. The van der Waals surface area contributed by atoms with Crippen LogP contribution in [0.25, 0.3) is 0 Å². The SMILES string of the molecule is CCCCCCCCCCCCCCCCCCN(CC(CCN)C(N)=O)CC(CCN)C(N)=O. The summed E-state index contributed by atoms with van der Waals surface area (Å²) in [5.74, 6) is -1.26. The monoisotopic (exact) mass is 497 g/mol. The fourth-order valence-electron chi connectivity index (χ4n) is 4.81. The van der Waals surface area contributed by atoms with Crippen molar-refractivity contribution in [3.63, 3.8) is 0 Å². The highest BCUT2D eigenvalue weighted by Gasteiger charge is 2.23. The number of rotatable bonds is 27. The van der Waals surface area contributed by atoms with E-state index in [-0.39, 0.29) is 23.7 Å². The number of unbranched alkanes of at least 4 members (excludes halogenated alkanes) is 15. The lowest BCUT2D eigenvalue weighted by Crippen LogP contribution is -2.43. The zero-order chi connectivity index (χ0) is 26.2. The average Bonchev–Trinajstić information content (AvgIpc) is 2.82. The van der Waals surface area contributed by atoms with Gasteiger partial charge in [-0.1, -0.05) is 103 Å². The number of nitrogens with two attached hydrogens (primary N) is 4. The van der Waals surface area contributed by atoms with Gasteiger partial charge < -0.3 is 27.8 Å². The van der Waals surface area contributed by atoms with Gasteiger partial charge in [-0.3, -0.25) is 9.59 Å². The Morgan fingerprint density at radius 2 is 0.886 bits per heavy atom. The van der Waals surface area contributed by atoms with Crippen LogP contribution in [0, 0.1) is 11.8 Å². The average molecular weight is 498 g/mol. The van der Waals surface area contributed by atoms with Gasteiger partial charge in [-0.15, -0.1) is 0 Å². The molecule has 0 aliphatic heterocycles. The minimum atomic E-state index is -0.332. The molecule has 0 rings (SSSR count). The van der Waals surface area contributed by atoms with E-state index in [9.17, 15) is 9.59 Å². The highest BCUT2D eigenvalue weighted by Crippen LogP contribution is 2.15. The van der Waals surface area contributed by atoms with Crippen molar-refractivity contribution in [1.82, 2.24) is 4.90 Å². The summed E-state index contributed by atoms with van der Waals surface area (Å²) in [6.07, 6.45) is 22.5. The van der Waals surface area contributed by atoms with E-state index in [4.69, 9.17) is 22.9 Å². The first kappa shape index (κ1) is 33.8. The summed E-state index contributed by atoms with van der Waals surface area (Å²) in [7, 11) is 0. The highest BCUT2D eigenvalue weighted by atomic mass is 16.1. The van der Waals surface area contributed by atoms with Crippen molar-refractivity contribution in [2.24, 2.45) is 34.8 Å². The van der Waals surface area contributed by atoms with Crippen LogP contribution in [0.2, 0.25) is 0 Å². The summed E-state index contributed by atoms with van der Waals surface area (Å²) in [6.45, 7) is 5.00. The van der Waals surface area contributed by atoms with Gasteiger partial charge in [0.1, 0.15) is 0 Å². The summed E-state index contributed by atoms with van der Waals surface area (Å²) in [5, 5.41) is 0. The lowest BCUT2D eigenvalue weighted by atomic mass is 10.00. The fourth-order valence-corrected chi connectivity index (χ4v) is 4.81.